The van der Waals surface area contributed by atoms with Gasteiger partial charge >= 0.3 is 5.97 Å². The Bertz CT molecular complexity index is 1070. The number of hydrogen-bond acceptors (Lipinski definition) is 8. The number of hydrogen-bond donors (Lipinski definition) is 1. The minimum Gasteiger partial charge on any atom is -0.460 e. The average molecular weight is 366 g/mol. The third-order valence-electron chi connectivity index (χ3n) is 3.77. The third-order valence-corrected chi connectivity index (χ3v) is 4.68. The highest BCUT2D eigenvalue weighted by Gasteiger charge is 2.24. The number of furan rings is 1. The van der Waals surface area contributed by atoms with Gasteiger partial charge in [0, 0.05) is 22.8 Å². The predicted octanol–water partition coefficient (Wildman–Crippen LogP) is 3.77. The van der Waals surface area contributed by atoms with E-state index in [0.29, 0.717) is 16.8 Å². The molecular formula is C18H14N4O3S. The number of aromatic nitrogens is 3. The highest BCUT2D eigenvalue weighted by Crippen LogP contribution is 2.39. The number of nitrogens with zero attached hydrogens (tertiary/aromatic N) is 3. The summed E-state index contributed by atoms with van der Waals surface area (Å²) in [4.78, 5) is 26.0. The fraction of sp³-hybridized carbons (Fsp3) is 0.111. The van der Waals surface area contributed by atoms with E-state index >= 15 is 0 Å². The molecule has 0 aliphatic rings. The summed E-state index contributed by atoms with van der Waals surface area (Å²) in [6, 6.07) is 5.78. The van der Waals surface area contributed by atoms with Crippen molar-refractivity contribution in [3.05, 3.63) is 47.9 Å². The maximum atomic E-state index is 12.1. The summed E-state index contributed by atoms with van der Waals surface area (Å²) in [5, 5.41) is 2.55. The first kappa shape index (κ1) is 16.2. The number of rotatable bonds is 4. The van der Waals surface area contributed by atoms with Crippen LogP contribution in [-0.4, -0.2) is 27.5 Å². The van der Waals surface area contributed by atoms with Gasteiger partial charge in [0.05, 0.1) is 29.6 Å². The van der Waals surface area contributed by atoms with E-state index < -0.39 is 5.97 Å². The summed E-state index contributed by atoms with van der Waals surface area (Å²) in [5.74, 6) is -0.648. The Morgan fingerprint density at radius 3 is 2.92 bits per heavy atom. The Labute approximate surface area is 152 Å². The van der Waals surface area contributed by atoms with Crippen molar-refractivity contribution in [1.82, 2.24) is 15.0 Å². The quantitative estimate of drug-likeness (QED) is 0.548. The van der Waals surface area contributed by atoms with Gasteiger partial charge in [0.15, 0.2) is 0 Å². The van der Waals surface area contributed by atoms with E-state index in [1.165, 1.54) is 0 Å². The topological polar surface area (TPSA) is 104 Å². The molecular weight excluding hydrogens is 352 g/mol. The van der Waals surface area contributed by atoms with Gasteiger partial charge < -0.3 is 14.9 Å². The highest BCUT2D eigenvalue weighted by molar-refractivity contribution is 7.13. The molecule has 0 aliphatic heterocycles. The van der Waals surface area contributed by atoms with Gasteiger partial charge in [-0.05, 0) is 24.4 Å². The van der Waals surface area contributed by atoms with Gasteiger partial charge in [-0.25, -0.2) is 9.78 Å². The number of pyridine rings is 1. The summed E-state index contributed by atoms with van der Waals surface area (Å²) >= 11 is 1.55. The van der Waals surface area contributed by atoms with E-state index in [2.05, 4.69) is 15.0 Å². The van der Waals surface area contributed by atoms with Crippen molar-refractivity contribution in [2.45, 2.75) is 6.92 Å². The third kappa shape index (κ3) is 2.70. The molecule has 0 amide bonds. The molecule has 0 spiro atoms. The molecule has 7 nitrogen and oxygen atoms in total. The minimum absolute atomic E-state index is 0.0385. The van der Waals surface area contributed by atoms with E-state index in [-0.39, 0.29) is 23.8 Å². The smallest absolute Gasteiger partial charge is 0.376 e. The Kier molecular flexibility index (Phi) is 4.10. The van der Waals surface area contributed by atoms with Gasteiger partial charge in [0.1, 0.15) is 5.69 Å². The Hall–Kier alpha value is -3.26. The number of carbonyl (C=O) groups excluding carboxylic acids is 1. The summed E-state index contributed by atoms with van der Waals surface area (Å²) in [6.07, 6.45) is 4.80. The number of fused-ring (bicyclic) bond motifs is 1. The Balaban J connectivity index is 1.99. The summed E-state index contributed by atoms with van der Waals surface area (Å²) < 4.78 is 10.7. The lowest BCUT2D eigenvalue weighted by Crippen LogP contribution is -2.05. The molecule has 0 aliphatic carbocycles. The molecule has 26 heavy (non-hydrogen) atoms. The number of thiophene rings is 1. The van der Waals surface area contributed by atoms with Crippen LogP contribution in [0.3, 0.4) is 0 Å². The zero-order valence-electron chi connectivity index (χ0n) is 13.8. The van der Waals surface area contributed by atoms with Gasteiger partial charge in [-0.1, -0.05) is 6.07 Å². The van der Waals surface area contributed by atoms with Crippen molar-refractivity contribution in [2.24, 2.45) is 0 Å². The van der Waals surface area contributed by atoms with Gasteiger partial charge in [-0.15, -0.1) is 11.3 Å². The predicted molar refractivity (Wildman–Crippen MR) is 98.7 cm³/mol. The molecule has 4 aromatic heterocycles. The molecule has 4 heterocycles. The maximum absolute atomic E-state index is 12.1. The molecule has 0 saturated carbocycles. The summed E-state index contributed by atoms with van der Waals surface area (Å²) in [5.41, 5.74) is 8.69. The summed E-state index contributed by atoms with van der Waals surface area (Å²) in [6.45, 7) is 1.95. The van der Waals surface area contributed by atoms with Crippen molar-refractivity contribution in [2.75, 3.05) is 12.3 Å². The van der Waals surface area contributed by atoms with E-state index in [1.54, 1.807) is 36.9 Å². The zero-order chi connectivity index (χ0) is 18.1. The van der Waals surface area contributed by atoms with E-state index in [0.717, 1.165) is 10.4 Å². The van der Waals surface area contributed by atoms with Gasteiger partial charge in [0.25, 0.3) is 0 Å². The van der Waals surface area contributed by atoms with Crippen LogP contribution in [-0.2, 0) is 4.74 Å². The van der Waals surface area contributed by atoms with Crippen LogP contribution in [0.25, 0.3) is 32.9 Å². The molecule has 4 rings (SSSR count). The molecule has 0 saturated heterocycles. The van der Waals surface area contributed by atoms with Crippen molar-refractivity contribution >= 4 is 34.1 Å². The number of carbonyl (C=O) groups is 1. The number of esters is 1. The second-order valence-electron chi connectivity index (χ2n) is 5.37. The van der Waals surface area contributed by atoms with Crippen LogP contribution in [0.2, 0.25) is 0 Å². The molecule has 4 aromatic rings. The van der Waals surface area contributed by atoms with E-state index in [1.807, 2.05) is 23.6 Å². The number of ether oxygens (including phenoxy) is 1. The highest BCUT2D eigenvalue weighted by atomic mass is 32.1. The maximum Gasteiger partial charge on any atom is 0.376 e. The molecule has 0 fully saturated rings. The fourth-order valence-electron chi connectivity index (χ4n) is 2.66. The normalized spacial score (nSPS) is 11.0. The number of nitrogens with two attached hydrogens (primary N) is 1. The SMILES string of the molecule is CCOC(=O)c1oc2nc(-c3cnccn3)cc(-c3cccs3)c2c1N. The van der Waals surface area contributed by atoms with Crippen LogP contribution < -0.4 is 5.73 Å². The largest absolute Gasteiger partial charge is 0.460 e. The standard InChI is InChI=1S/C18H14N4O3S/c1-2-24-18(23)16-15(19)14-10(13-4-3-7-26-13)8-11(22-17(14)25-16)12-9-20-5-6-21-12/h3-9H,2,19H2,1H3. The number of nitrogen functional groups attached to an aromatic ring is 1. The summed E-state index contributed by atoms with van der Waals surface area (Å²) in [7, 11) is 0. The van der Waals surface area contributed by atoms with Crippen LogP contribution in [0, 0.1) is 0 Å². The van der Waals surface area contributed by atoms with Crippen LogP contribution in [0.15, 0.2) is 46.6 Å². The monoisotopic (exact) mass is 366 g/mol. The van der Waals surface area contributed by atoms with Crippen molar-refractivity contribution in [1.29, 1.82) is 0 Å². The molecule has 0 atom stereocenters. The first-order valence-corrected chi connectivity index (χ1v) is 8.77. The van der Waals surface area contributed by atoms with Crippen LogP contribution in [0.4, 0.5) is 5.69 Å². The first-order chi connectivity index (χ1) is 12.7. The number of anilines is 1. The lowest BCUT2D eigenvalue weighted by atomic mass is 10.1. The molecule has 2 N–H and O–H groups in total. The van der Waals surface area contributed by atoms with E-state index in [4.69, 9.17) is 14.9 Å². The van der Waals surface area contributed by atoms with Gasteiger partial charge in [-0.2, -0.15) is 0 Å². The lowest BCUT2D eigenvalue weighted by molar-refractivity contribution is 0.0494. The molecule has 0 aromatic carbocycles. The second-order valence-corrected chi connectivity index (χ2v) is 6.32. The first-order valence-electron chi connectivity index (χ1n) is 7.89. The Morgan fingerprint density at radius 2 is 2.23 bits per heavy atom. The molecule has 0 radical (unpaired) electrons. The minimum atomic E-state index is -0.610. The average Bonchev–Trinajstić information content (AvgIpc) is 3.30. The van der Waals surface area contributed by atoms with Crippen molar-refractivity contribution < 1.29 is 13.9 Å². The lowest BCUT2D eigenvalue weighted by Gasteiger charge is -2.05. The molecule has 8 heteroatoms. The zero-order valence-corrected chi connectivity index (χ0v) is 14.6. The fourth-order valence-corrected chi connectivity index (χ4v) is 3.41. The van der Waals surface area contributed by atoms with Crippen LogP contribution in [0.1, 0.15) is 17.5 Å². The second kappa shape index (κ2) is 6.57. The van der Waals surface area contributed by atoms with Crippen LogP contribution in [0.5, 0.6) is 0 Å². The molecule has 0 unspecified atom stereocenters. The van der Waals surface area contributed by atoms with Crippen molar-refractivity contribution in [3.63, 3.8) is 0 Å². The molecule has 130 valence electrons. The Morgan fingerprint density at radius 1 is 1.35 bits per heavy atom. The van der Waals surface area contributed by atoms with E-state index in [9.17, 15) is 4.79 Å². The van der Waals surface area contributed by atoms with Gasteiger partial charge in [-0.3, -0.25) is 9.97 Å². The van der Waals surface area contributed by atoms with Crippen molar-refractivity contribution in [3.8, 4) is 21.8 Å². The van der Waals surface area contributed by atoms with Gasteiger partial charge in [0.2, 0.25) is 11.5 Å². The van der Waals surface area contributed by atoms with Crippen LogP contribution >= 0.6 is 11.3 Å². The molecule has 0 bridgehead atoms.